The van der Waals surface area contributed by atoms with E-state index in [0.29, 0.717) is 0 Å². The van der Waals surface area contributed by atoms with Gasteiger partial charge in [-0.1, -0.05) is 0 Å². The second-order valence-corrected chi connectivity index (χ2v) is 3.80. The summed E-state index contributed by atoms with van der Waals surface area (Å²) in [5.74, 6) is -8.48. The summed E-state index contributed by atoms with van der Waals surface area (Å²) in [5, 5.41) is 3.75. The van der Waals surface area contributed by atoms with E-state index in [-0.39, 0.29) is 12.5 Å². The Balaban J connectivity index is 4.17. The average molecular weight is 276 g/mol. The molecule has 2 N–H and O–H groups in total. The van der Waals surface area contributed by atoms with E-state index in [9.17, 15) is 31.5 Å². The maximum Gasteiger partial charge on any atom is 0.463 e. The van der Waals surface area contributed by atoms with E-state index >= 15 is 0 Å². The number of hydrogen-bond acceptors (Lipinski definition) is 2. The number of carbonyl (C=O) groups excluding carboxylic acids is 2. The van der Waals surface area contributed by atoms with Crippen LogP contribution in [0.5, 0.6) is 0 Å². The van der Waals surface area contributed by atoms with E-state index in [1.165, 1.54) is 5.32 Å². The van der Waals surface area contributed by atoms with Crippen LogP contribution in [-0.4, -0.2) is 36.5 Å². The molecule has 0 rings (SSSR count). The Morgan fingerprint density at radius 1 is 1.11 bits per heavy atom. The molecule has 18 heavy (non-hydrogen) atoms. The fraction of sp³-hybridized carbons (Fsp3) is 0.778. The number of halogens is 5. The molecule has 0 aliphatic rings. The molecule has 0 bridgehead atoms. The van der Waals surface area contributed by atoms with E-state index in [4.69, 9.17) is 0 Å². The summed E-state index contributed by atoms with van der Waals surface area (Å²) in [6.45, 7) is 2.70. The summed E-state index contributed by atoms with van der Waals surface area (Å²) < 4.78 is 60.1. The van der Waals surface area contributed by atoms with Crippen LogP contribution < -0.4 is 10.6 Å². The first kappa shape index (κ1) is 16.6. The van der Waals surface area contributed by atoms with Crippen LogP contribution in [-0.2, 0) is 9.59 Å². The molecule has 0 aromatic heterocycles. The summed E-state index contributed by atoms with van der Waals surface area (Å²) in [6, 6.07) is -0.190. The monoisotopic (exact) mass is 276 g/mol. The van der Waals surface area contributed by atoms with E-state index in [2.05, 4.69) is 5.32 Å². The molecule has 0 atom stereocenters. The molecule has 0 unspecified atom stereocenters. The normalized spacial score (nSPS) is 12.4. The van der Waals surface area contributed by atoms with Gasteiger partial charge in [0.05, 0.1) is 0 Å². The van der Waals surface area contributed by atoms with Crippen molar-refractivity contribution in [2.24, 2.45) is 0 Å². The summed E-state index contributed by atoms with van der Waals surface area (Å²) in [7, 11) is 0. The maximum atomic E-state index is 12.4. The van der Waals surface area contributed by atoms with Crippen molar-refractivity contribution in [2.75, 3.05) is 6.54 Å². The van der Waals surface area contributed by atoms with Crippen molar-refractivity contribution in [3.63, 3.8) is 0 Å². The third-order valence-electron chi connectivity index (χ3n) is 1.73. The average Bonchev–Trinajstić information content (AvgIpc) is 2.14. The van der Waals surface area contributed by atoms with Crippen LogP contribution in [0.3, 0.4) is 0 Å². The first-order chi connectivity index (χ1) is 7.98. The maximum absolute atomic E-state index is 12.4. The van der Waals surface area contributed by atoms with Crippen LogP contribution in [0, 0.1) is 0 Å². The van der Waals surface area contributed by atoms with Crippen LogP contribution >= 0.6 is 0 Å². The highest BCUT2D eigenvalue weighted by Gasteiger charge is 2.63. The van der Waals surface area contributed by atoms with Gasteiger partial charge in [0.25, 0.3) is 5.91 Å². The van der Waals surface area contributed by atoms with Gasteiger partial charge in [0.15, 0.2) is 0 Å². The highest BCUT2D eigenvalue weighted by atomic mass is 19.4. The lowest BCUT2D eigenvalue weighted by Gasteiger charge is -2.18. The van der Waals surface area contributed by atoms with Gasteiger partial charge in [-0.2, -0.15) is 22.0 Å². The Kier molecular flexibility index (Phi) is 5.50. The summed E-state index contributed by atoms with van der Waals surface area (Å²) in [4.78, 5) is 21.6. The SMILES string of the molecule is CC(C)NC(=O)CCNC(=O)C(F)(F)C(F)(F)F. The standard InChI is InChI=1S/C9H13F5N2O2/c1-5(2)16-6(17)3-4-15-7(18)8(10,11)9(12,13)14/h5H,3-4H2,1-2H3,(H,15,18)(H,16,17). The van der Waals surface area contributed by atoms with Gasteiger partial charge in [-0.25, -0.2) is 0 Å². The Bertz CT molecular complexity index is 315. The molecule has 0 aromatic carbocycles. The minimum Gasteiger partial charge on any atom is -0.354 e. The lowest BCUT2D eigenvalue weighted by atomic mass is 10.3. The molecular weight excluding hydrogens is 263 g/mol. The van der Waals surface area contributed by atoms with Gasteiger partial charge >= 0.3 is 12.1 Å². The number of rotatable bonds is 5. The minimum absolute atomic E-state index is 0.190. The zero-order chi connectivity index (χ0) is 14.6. The first-order valence-corrected chi connectivity index (χ1v) is 5.00. The van der Waals surface area contributed by atoms with E-state index < -0.39 is 30.5 Å². The van der Waals surface area contributed by atoms with Crippen molar-refractivity contribution >= 4 is 11.8 Å². The smallest absolute Gasteiger partial charge is 0.354 e. The quantitative estimate of drug-likeness (QED) is 0.742. The fourth-order valence-electron chi connectivity index (χ4n) is 0.923. The molecule has 2 amide bonds. The molecule has 0 radical (unpaired) electrons. The van der Waals surface area contributed by atoms with Crippen molar-refractivity contribution in [3.8, 4) is 0 Å². The number of carbonyl (C=O) groups is 2. The van der Waals surface area contributed by atoms with Gasteiger partial charge in [0.1, 0.15) is 0 Å². The van der Waals surface area contributed by atoms with Gasteiger partial charge in [0.2, 0.25) is 5.91 Å². The van der Waals surface area contributed by atoms with Crippen LogP contribution in [0.15, 0.2) is 0 Å². The van der Waals surface area contributed by atoms with Crippen molar-refractivity contribution in [3.05, 3.63) is 0 Å². The molecule has 0 aliphatic carbocycles. The van der Waals surface area contributed by atoms with Crippen LogP contribution in [0.4, 0.5) is 22.0 Å². The molecule has 106 valence electrons. The molecule has 0 spiro atoms. The molecule has 9 heteroatoms. The van der Waals surface area contributed by atoms with Crippen LogP contribution in [0.2, 0.25) is 0 Å². The van der Waals surface area contributed by atoms with Gasteiger partial charge in [-0.3, -0.25) is 9.59 Å². The van der Waals surface area contributed by atoms with Crippen molar-refractivity contribution in [1.29, 1.82) is 0 Å². The predicted molar refractivity (Wildman–Crippen MR) is 51.9 cm³/mol. The molecule has 0 aromatic rings. The van der Waals surface area contributed by atoms with E-state index in [1.54, 1.807) is 13.8 Å². The van der Waals surface area contributed by atoms with E-state index in [1.807, 2.05) is 0 Å². The predicted octanol–water partition coefficient (Wildman–Crippen LogP) is 1.21. The molecule has 0 fully saturated rings. The molecule has 4 nitrogen and oxygen atoms in total. The lowest BCUT2D eigenvalue weighted by Crippen LogP contribution is -2.51. The zero-order valence-corrected chi connectivity index (χ0v) is 9.70. The first-order valence-electron chi connectivity index (χ1n) is 5.00. The van der Waals surface area contributed by atoms with Gasteiger partial charge < -0.3 is 10.6 Å². The number of nitrogens with one attached hydrogen (secondary N) is 2. The Labute approximate surface area is 99.9 Å². The zero-order valence-electron chi connectivity index (χ0n) is 9.70. The third kappa shape index (κ3) is 4.84. The number of hydrogen-bond donors (Lipinski definition) is 2. The molecule has 0 heterocycles. The topological polar surface area (TPSA) is 58.2 Å². The Morgan fingerprint density at radius 2 is 1.61 bits per heavy atom. The molecule has 0 saturated heterocycles. The highest BCUT2D eigenvalue weighted by Crippen LogP contribution is 2.35. The van der Waals surface area contributed by atoms with Gasteiger partial charge in [-0.05, 0) is 13.8 Å². The molecule has 0 aliphatic heterocycles. The van der Waals surface area contributed by atoms with Crippen molar-refractivity contribution in [1.82, 2.24) is 10.6 Å². The second-order valence-electron chi connectivity index (χ2n) is 3.80. The Morgan fingerprint density at radius 3 is 2.00 bits per heavy atom. The largest absolute Gasteiger partial charge is 0.463 e. The minimum atomic E-state index is -5.95. The summed E-state index contributed by atoms with van der Waals surface area (Å²) in [6.07, 6.45) is -6.32. The van der Waals surface area contributed by atoms with Crippen LogP contribution in [0.1, 0.15) is 20.3 Å². The lowest BCUT2D eigenvalue weighted by molar-refractivity contribution is -0.269. The van der Waals surface area contributed by atoms with Gasteiger partial charge in [-0.15, -0.1) is 0 Å². The fourth-order valence-corrected chi connectivity index (χ4v) is 0.923. The van der Waals surface area contributed by atoms with Gasteiger partial charge in [0, 0.05) is 19.0 Å². The third-order valence-corrected chi connectivity index (χ3v) is 1.73. The Hall–Kier alpha value is -1.41. The second kappa shape index (κ2) is 5.96. The van der Waals surface area contributed by atoms with Crippen molar-refractivity contribution in [2.45, 2.75) is 38.4 Å². The van der Waals surface area contributed by atoms with Crippen LogP contribution in [0.25, 0.3) is 0 Å². The summed E-state index contributed by atoms with van der Waals surface area (Å²) in [5.41, 5.74) is 0. The van der Waals surface area contributed by atoms with Crippen molar-refractivity contribution < 1.29 is 31.5 Å². The molecular formula is C9H13F5N2O2. The molecule has 0 saturated carbocycles. The summed E-state index contributed by atoms with van der Waals surface area (Å²) >= 11 is 0. The number of amides is 2. The number of alkyl halides is 5. The highest BCUT2D eigenvalue weighted by molar-refractivity contribution is 5.85. The van der Waals surface area contributed by atoms with E-state index in [0.717, 1.165) is 0 Å².